The van der Waals surface area contributed by atoms with Crippen LogP contribution in [-0.2, 0) is 4.79 Å². The topological polar surface area (TPSA) is 46.3 Å². The van der Waals surface area contributed by atoms with Crippen molar-refractivity contribution >= 4 is 5.91 Å². The molecule has 2 saturated carbocycles. The van der Waals surface area contributed by atoms with E-state index in [2.05, 4.69) is 6.92 Å². The molecule has 2 unspecified atom stereocenters. The van der Waals surface area contributed by atoms with E-state index in [9.17, 15) is 4.79 Å². The monoisotopic (exact) mass is 280 g/mol. The molecule has 0 heterocycles. The van der Waals surface area contributed by atoms with Crippen molar-refractivity contribution in [2.75, 3.05) is 7.05 Å². The number of carbonyl (C=O) groups is 1. The van der Waals surface area contributed by atoms with Crippen molar-refractivity contribution in [1.82, 2.24) is 4.90 Å². The molecule has 0 aromatic heterocycles. The van der Waals surface area contributed by atoms with Gasteiger partial charge in [0.15, 0.2) is 0 Å². The Bertz CT molecular complexity index is 310. The van der Waals surface area contributed by atoms with Gasteiger partial charge >= 0.3 is 0 Å². The molecule has 1 amide bonds. The Morgan fingerprint density at radius 3 is 2.35 bits per heavy atom. The molecule has 2 atom stereocenters. The SMILES string of the molecule is CCC1CCC(N(C)C(=O)CC2CCCCC2N)CC1. The molecule has 3 nitrogen and oxygen atoms in total. The number of rotatable bonds is 4. The number of nitrogens with two attached hydrogens (primary N) is 1. The fourth-order valence-corrected chi connectivity index (χ4v) is 4.00. The summed E-state index contributed by atoms with van der Waals surface area (Å²) in [5.74, 6) is 1.64. The Morgan fingerprint density at radius 1 is 1.10 bits per heavy atom. The summed E-state index contributed by atoms with van der Waals surface area (Å²) in [6.45, 7) is 2.28. The minimum atomic E-state index is 0.247. The molecule has 20 heavy (non-hydrogen) atoms. The van der Waals surface area contributed by atoms with Crippen LogP contribution in [0, 0.1) is 11.8 Å². The van der Waals surface area contributed by atoms with E-state index in [0.29, 0.717) is 24.3 Å². The van der Waals surface area contributed by atoms with Crippen molar-refractivity contribution in [3.05, 3.63) is 0 Å². The molecular weight excluding hydrogens is 248 g/mol. The Morgan fingerprint density at radius 2 is 1.75 bits per heavy atom. The smallest absolute Gasteiger partial charge is 0.222 e. The number of hydrogen-bond acceptors (Lipinski definition) is 2. The lowest BCUT2D eigenvalue weighted by atomic mass is 9.81. The van der Waals surface area contributed by atoms with Crippen LogP contribution in [0.3, 0.4) is 0 Å². The Hall–Kier alpha value is -0.570. The highest BCUT2D eigenvalue weighted by molar-refractivity contribution is 5.76. The molecule has 0 saturated heterocycles. The maximum absolute atomic E-state index is 12.5. The first-order valence-electron chi connectivity index (χ1n) is 8.63. The normalized spacial score (nSPS) is 34.8. The molecule has 0 radical (unpaired) electrons. The fourth-order valence-electron chi connectivity index (χ4n) is 4.00. The van der Waals surface area contributed by atoms with E-state index >= 15 is 0 Å². The summed E-state index contributed by atoms with van der Waals surface area (Å²) in [4.78, 5) is 14.5. The zero-order valence-electron chi connectivity index (χ0n) is 13.3. The van der Waals surface area contributed by atoms with Crippen LogP contribution in [-0.4, -0.2) is 29.9 Å². The molecule has 2 N–H and O–H groups in total. The van der Waals surface area contributed by atoms with Crippen molar-refractivity contribution in [2.24, 2.45) is 17.6 Å². The molecule has 0 aromatic rings. The summed E-state index contributed by atoms with van der Waals surface area (Å²) in [5, 5.41) is 0. The second-order valence-corrected chi connectivity index (χ2v) is 7.00. The lowest BCUT2D eigenvalue weighted by molar-refractivity contribution is -0.134. The molecular formula is C17H32N2O. The van der Waals surface area contributed by atoms with Gasteiger partial charge in [0, 0.05) is 25.6 Å². The zero-order chi connectivity index (χ0) is 14.5. The van der Waals surface area contributed by atoms with E-state index < -0.39 is 0 Å². The van der Waals surface area contributed by atoms with Crippen molar-refractivity contribution in [3.8, 4) is 0 Å². The zero-order valence-corrected chi connectivity index (χ0v) is 13.3. The van der Waals surface area contributed by atoms with Crippen LogP contribution >= 0.6 is 0 Å². The summed E-state index contributed by atoms with van der Waals surface area (Å²) >= 11 is 0. The van der Waals surface area contributed by atoms with Gasteiger partial charge in [-0.3, -0.25) is 4.79 Å². The highest BCUT2D eigenvalue weighted by atomic mass is 16.2. The molecule has 3 heteroatoms. The van der Waals surface area contributed by atoms with E-state index in [-0.39, 0.29) is 6.04 Å². The van der Waals surface area contributed by atoms with Gasteiger partial charge in [0.25, 0.3) is 0 Å². The highest BCUT2D eigenvalue weighted by Crippen LogP contribution is 2.31. The summed E-state index contributed by atoms with van der Waals surface area (Å²) in [7, 11) is 2.01. The lowest BCUT2D eigenvalue weighted by Gasteiger charge is -2.36. The van der Waals surface area contributed by atoms with Crippen LogP contribution in [0.2, 0.25) is 0 Å². The molecule has 116 valence electrons. The van der Waals surface area contributed by atoms with Crippen molar-refractivity contribution in [3.63, 3.8) is 0 Å². The van der Waals surface area contributed by atoms with E-state index in [1.807, 2.05) is 11.9 Å². The summed E-state index contributed by atoms with van der Waals surface area (Å²) in [5.41, 5.74) is 6.17. The molecule has 0 aliphatic heterocycles. The second-order valence-electron chi connectivity index (χ2n) is 7.00. The van der Waals surface area contributed by atoms with Gasteiger partial charge < -0.3 is 10.6 Å². The third kappa shape index (κ3) is 3.97. The average molecular weight is 280 g/mol. The Kier molecular flexibility index (Phi) is 5.88. The van der Waals surface area contributed by atoms with Gasteiger partial charge in [0.1, 0.15) is 0 Å². The van der Waals surface area contributed by atoms with Gasteiger partial charge in [0.05, 0.1) is 0 Å². The number of nitrogens with zero attached hydrogens (tertiary/aromatic N) is 1. The van der Waals surface area contributed by atoms with Crippen LogP contribution in [0.1, 0.15) is 71.1 Å². The minimum Gasteiger partial charge on any atom is -0.343 e. The van der Waals surface area contributed by atoms with Crippen molar-refractivity contribution in [1.29, 1.82) is 0 Å². The van der Waals surface area contributed by atoms with E-state index in [0.717, 1.165) is 18.8 Å². The molecule has 2 fully saturated rings. The fraction of sp³-hybridized carbons (Fsp3) is 0.941. The molecule has 0 bridgehead atoms. The maximum atomic E-state index is 12.5. The van der Waals surface area contributed by atoms with Crippen LogP contribution in [0.4, 0.5) is 0 Å². The van der Waals surface area contributed by atoms with Gasteiger partial charge in [-0.15, -0.1) is 0 Å². The summed E-state index contributed by atoms with van der Waals surface area (Å²) in [6.07, 6.45) is 11.7. The van der Waals surface area contributed by atoms with Crippen molar-refractivity contribution < 1.29 is 4.79 Å². The number of hydrogen-bond donors (Lipinski definition) is 1. The lowest BCUT2D eigenvalue weighted by Crippen LogP contribution is -2.42. The first-order chi connectivity index (χ1) is 9.61. The minimum absolute atomic E-state index is 0.247. The van der Waals surface area contributed by atoms with Gasteiger partial charge in [-0.05, 0) is 50.4 Å². The molecule has 2 rings (SSSR count). The van der Waals surface area contributed by atoms with Gasteiger partial charge in [0.2, 0.25) is 5.91 Å². The van der Waals surface area contributed by atoms with E-state index in [1.54, 1.807) is 0 Å². The van der Waals surface area contributed by atoms with Crippen molar-refractivity contribution in [2.45, 2.75) is 83.2 Å². The largest absolute Gasteiger partial charge is 0.343 e. The van der Waals surface area contributed by atoms with E-state index in [1.165, 1.54) is 44.9 Å². The first-order valence-corrected chi connectivity index (χ1v) is 8.63. The molecule has 2 aliphatic rings. The van der Waals surface area contributed by atoms with Crippen LogP contribution in [0.15, 0.2) is 0 Å². The average Bonchev–Trinajstić information content (AvgIpc) is 2.49. The summed E-state index contributed by atoms with van der Waals surface area (Å²) < 4.78 is 0. The van der Waals surface area contributed by atoms with Gasteiger partial charge in [-0.2, -0.15) is 0 Å². The predicted octanol–water partition coefficient (Wildman–Crippen LogP) is 3.32. The summed E-state index contributed by atoms with van der Waals surface area (Å²) in [6, 6.07) is 0.724. The van der Waals surface area contributed by atoms with Crippen LogP contribution in [0.25, 0.3) is 0 Å². The predicted molar refractivity (Wildman–Crippen MR) is 83.4 cm³/mol. The van der Waals surface area contributed by atoms with Crippen LogP contribution < -0.4 is 5.73 Å². The third-order valence-corrected chi connectivity index (χ3v) is 5.74. The maximum Gasteiger partial charge on any atom is 0.222 e. The van der Waals surface area contributed by atoms with Crippen LogP contribution in [0.5, 0.6) is 0 Å². The number of amides is 1. The molecule has 2 aliphatic carbocycles. The first kappa shape index (κ1) is 15.8. The highest BCUT2D eigenvalue weighted by Gasteiger charge is 2.29. The van der Waals surface area contributed by atoms with E-state index in [4.69, 9.17) is 5.73 Å². The second kappa shape index (κ2) is 7.44. The Balaban J connectivity index is 1.79. The quantitative estimate of drug-likeness (QED) is 0.858. The standard InChI is InChI=1S/C17H32N2O/c1-3-13-8-10-15(11-9-13)19(2)17(20)12-14-6-4-5-7-16(14)18/h13-16H,3-12,18H2,1-2H3. The third-order valence-electron chi connectivity index (χ3n) is 5.74. The molecule has 0 aromatic carbocycles. The van der Waals surface area contributed by atoms with Gasteiger partial charge in [-0.25, -0.2) is 0 Å². The number of carbonyl (C=O) groups excluding carboxylic acids is 1. The Labute approximate surface area is 124 Å². The van der Waals surface area contributed by atoms with Gasteiger partial charge in [-0.1, -0.05) is 26.2 Å². The molecule has 0 spiro atoms.